The van der Waals surface area contributed by atoms with Crippen LogP contribution in [0.2, 0.25) is 0 Å². The molecule has 12 rings (SSSR count). The van der Waals surface area contributed by atoms with Crippen LogP contribution in [0.3, 0.4) is 0 Å². The molecule has 0 bridgehead atoms. The molecule has 0 radical (unpaired) electrons. The highest BCUT2D eigenvalue weighted by molar-refractivity contribution is 6.12. The zero-order valence-electron chi connectivity index (χ0n) is 39.5. The first-order valence-electron chi connectivity index (χ1n) is 24.0. The number of fused-ring (bicyclic) bond motifs is 3. The minimum atomic E-state index is 0.436. The molecular weight excluding hydrogens is 891 g/mol. The van der Waals surface area contributed by atoms with Crippen molar-refractivity contribution in [2.75, 3.05) is 9.80 Å². The van der Waals surface area contributed by atoms with Gasteiger partial charge in [0.2, 0.25) is 0 Å². The zero-order chi connectivity index (χ0) is 49.1. The first kappa shape index (κ1) is 43.9. The number of anilines is 6. The Bertz CT molecular complexity index is 3730. The van der Waals surface area contributed by atoms with E-state index in [0.29, 0.717) is 39.7 Å². The molecule has 12 aromatic rings. The third-order valence-corrected chi connectivity index (χ3v) is 13.2. The van der Waals surface area contributed by atoms with Crippen LogP contribution in [0.4, 0.5) is 45.5 Å². The zero-order valence-corrected chi connectivity index (χ0v) is 39.5. The molecule has 342 valence electrons. The average molecular weight is 934 g/mol. The Labute approximate surface area is 424 Å². The molecule has 7 nitrogen and oxygen atoms in total. The smallest absolute Gasteiger partial charge is 0.198 e. The van der Waals surface area contributed by atoms with Crippen molar-refractivity contribution < 1.29 is 0 Å². The molecule has 0 amide bonds. The maximum Gasteiger partial charge on any atom is 0.198 e. The summed E-state index contributed by atoms with van der Waals surface area (Å²) in [6, 6.07) is 89.8. The number of rotatable bonds is 11. The first-order chi connectivity index (χ1) is 36.1. The highest BCUT2D eigenvalue weighted by atomic mass is 15.1. The molecule has 10 aromatic carbocycles. The van der Waals surface area contributed by atoms with E-state index in [4.69, 9.17) is 23.1 Å². The summed E-state index contributed by atoms with van der Waals surface area (Å²) in [4.78, 5) is 22.1. The van der Waals surface area contributed by atoms with Crippen LogP contribution < -0.4 is 9.80 Å². The van der Waals surface area contributed by atoms with Gasteiger partial charge < -0.3 is 14.4 Å². The van der Waals surface area contributed by atoms with Crippen molar-refractivity contribution in [1.82, 2.24) is 14.5 Å². The fourth-order valence-corrected chi connectivity index (χ4v) is 9.80. The van der Waals surface area contributed by atoms with Gasteiger partial charge in [-0.05, 0) is 114 Å². The van der Waals surface area contributed by atoms with Crippen LogP contribution in [0.25, 0.3) is 82.2 Å². The summed E-state index contributed by atoms with van der Waals surface area (Å²) in [5.74, 6) is 0.436. The molecule has 0 aliphatic heterocycles. The van der Waals surface area contributed by atoms with E-state index in [1.165, 1.54) is 0 Å². The number of para-hydroxylation sites is 6. The first-order valence-corrected chi connectivity index (χ1v) is 24.0. The van der Waals surface area contributed by atoms with Crippen LogP contribution >= 0.6 is 0 Å². The number of nitrogens with zero attached hydrogens (tertiary/aromatic N) is 7. The van der Waals surface area contributed by atoms with Crippen molar-refractivity contribution in [2.45, 2.75) is 0 Å². The average Bonchev–Trinajstić information content (AvgIpc) is 3.79. The van der Waals surface area contributed by atoms with Gasteiger partial charge in [-0.25, -0.2) is 19.7 Å². The Morgan fingerprint density at radius 1 is 0.329 bits per heavy atom. The Hall–Kier alpha value is -10.3. The summed E-state index contributed by atoms with van der Waals surface area (Å²) >= 11 is 0. The van der Waals surface area contributed by atoms with Crippen molar-refractivity contribution in [3.63, 3.8) is 0 Å². The SMILES string of the molecule is [C-]#[N+]c1ccccc1-c1cc(-c2ccc(-c3ccc(-n4c5ccc(N(c6ccccc6)c6ccccc6)cc5c5cc(N(c6ccccc6)c6ccccc6)ccc54)cc3)cc2)nc(-c2ccccc2[N+]#[C-])n1. The molecule has 0 aliphatic carbocycles. The summed E-state index contributed by atoms with van der Waals surface area (Å²) in [6.45, 7) is 15.7. The van der Waals surface area contributed by atoms with Gasteiger partial charge in [0.1, 0.15) is 5.82 Å². The highest BCUT2D eigenvalue weighted by Crippen LogP contribution is 2.43. The molecule has 0 atom stereocenters. The number of hydrogen-bond donors (Lipinski definition) is 0. The molecule has 2 heterocycles. The fraction of sp³-hybridized carbons (Fsp3) is 0. The molecule has 2 aromatic heterocycles. The number of benzene rings is 10. The number of aromatic nitrogens is 3. The molecule has 0 saturated heterocycles. The predicted octanol–water partition coefficient (Wildman–Crippen LogP) is 18.3. The van der Waals surface area contributed by atoms with Crippen LogP contribution in [-0.4, -0.2) is 14.5 Å². The molecule has 0 aliphatic rings. The molecule has 73 heavy (non-hydrogen) atoms. The van der Waals surface area contributed by atoms with Crippen LogP contribution in [0.15, 0.2) is 261 Å². The van der Waals surface area contributed by atoms with Crippen molar-refractivity contribution in [1.29, 1.82) is 0 Å². The van der Waals surface area contributed by atoms with E-state index in [2.05, 4.69) is 230 Å². The molecular formula is C66H43N7. The van der Waals surface area contributed by atoms with Gasteiger partial charge in [-0.2, -0.15) is 0 Å². The Kier molecular flexibility index (Phi) is 11.6. The van der Waals surface area contributed by atoms with Crippen LogP contribution in [0.1, 0.15) is 0 Å². The van der Waals surface area contributed by atoms with Crippen molar-refractivity contribution in [3.8, 4) is 50.7 Å². The van der Waals surface area contributed by atoms with Gasteiger partial charge in [0.15, 0.2) is 11.4 Å². The van der Waals surface area contributed by atoms with E-state index in [1.54, 1.807) is 12.1 Å². The van der Waals surface area contributed by atoms with Crippen LogP contribution in [0.5, 0.6) is 0 Å². The van der Waals surface area contributed by atoms with E-state index in [0.717, 1.165) is 78.3 Å². The highest BCUT2D eigenvalue weighted by Gasteiger charge is 2.21. The van der Waals surface area contributed by atoms with Crippen LogP contribution in [0, 0.1) is 13.1 Å². The largest absolute Gasteiger partial charge is 0.310 e. The normalized spacial score (nSPS) is 11.0. The van der Waals surface area contributed by atoms with Gasteiger partial charge in [0.25, 0.3) is 0 Å². The second-order valence-corrected chi connectivity index (χ2v) is 17.6. The quantitative estimate of drug-likeness (QED) is 0.121. The van der Waals surface area contributed by atoms with Crippen LogP contribution in [-0.2, 0) is 0 Å². The minimum Gasteiger partial charge on any atom is -0.310 e. The van der Waals surface area contributed by atoms with Gasteiger partial charge in [0, 0.05) is 67.3 Å². The predicted molar refractivity (Wildman–Crippen MR) is 300 cm³/mol. The van der Waals surface area contributed by atoms with E-state index >= 15 is 0 Å². The molecule has 0 fully saturated rings. The molecule has 0 spiro atoms. The Morgan fingerprint density at radius 3 is 1.18 bits per heavy atom. The van der Waals surface area contributed by atoms with E-state index in [9.17, 15) is 0 Å². The Morgan fingerprint density at radius 2 is 0.712 bits per heavy atom. The monoisotopic (exact) mass is 933 g/mol. The molecule has 0 saturated carbocycles. The third kappa shape index (κ3) is 8.40. The fourth-order valence-electron chi connectivity index (χ4n) is 9.80. The maximum atomic E-state index is 7.85. The summed E-state index contributed by atoms with van der Waals surface area (Å²) < 4.78 is 2.37. The van der Waals surface area contributed by atoms with Gasteiger partial charge in [0.05, 0.1) is 35.6 Å². The Balaban J connectivity index is 0.954. The van der Waals surface area contributed by atoms with Gasteiger partial charge >= 0.3 is 0 Å². The molecule has 7 heteroatoms. The molecule has 0 N–H and O–H groups in total. The minimum absolute atomic E-state index is 0.436. The number of hydrogen-bond acceptors (Lipinski definition) is 4. The second-order valence-electron chi connectivity index (χ2n) is 17.6. The van der Waals surface area contributed by atoms with E-state index in [-0.39, 0.29) is 0 Å². The lowest BCUT2D eigenvalue weighted by atomic mass is 10.0. The lowest BCUT2D eigenvalue weighted by Gasteiger charge is -2.26. The lowest BCUT2D eigenvalue weighted by molar-refractivity contribution is 1.18. The van der Waals surface area contributed by atoms with E-state index in [1.807, 2.05) is 42.5 Å². The maximum absolute atomic E-state index is 7.85. The van der Waals surface area contributed by atoms with Gasteiger partial charge in [-0.15, -0.1) is 0 Å². The topological polar surface area (TPSA) is 45.9 Å². The third-order valence-electron chi connectivity index (χ3n) is 13.2. The lowest BCUT2D eigenvalue weighted by Crippen LogP contribution is -2.09. The summed E-state index contributed by atoms with van der Waals surface area (Å²) in [5, 5.41) is 2.27. The van der Waals surface area contributed by atoms with Crippen molar-refractivity contribution >= 4 is 67.3 Å². The van der Waals surface area contributed by atoms with E-state index < -0.39 is 0 Å². The second kappa shape index (κ2) is 19.2. The summed E-state index contributed by atoms with van der Waals surface area (Å²) in [5.41, 5.74) is 16.4. The van der Waals surface area contributed by atoms with Gasteiger partial charge in [-0.3, -0.25) is 0 Å². The van der Waals surface area contributed by atoms with Crippen molar-refractivity contribution in [3.05, 3.63) is 284 Å². The van der Waals surface area contributed by atoms with Gasteiger partial charge in [-0.1, -0.05) is 158 Å². The standard InChI is InChI=1S/C66H43N7/c1-67-60-29-17-15-27-56(60)63-45-62(69-66(70-63)57-28-16-18-30-61(57)68-2)48-33-31-46(32-34-48)47-35-37-53(38-36-47)73-64-41-39-54(71(49-19-7-3-8-20-49)50-21-9-4-10-22-50)43-58(64)59-44-55(40-42-65(59)73)72(51-23-11-5-12-24-51)52-25-13-6-14-26-52/h3-45H. The summed E-state index contributed by atoms with van der Waals surface area (Å²) in [7, 11) is 0. The van der Waals surface area contributed by atoms with Crippen molar-refractivity contribution in [2.24, 2.45) is 0 Å². The molecule has 0 unspecified atom stereocenters. The summed E-state index contributed by atoms with van der Waals surface area (Å²) in [6.07, 6.45) is 0.